The van der Waals surface area contributed by atoms with Crippen LogP contribution < -0.4 is 0 Å². The Morgan fingerprint density at radius 2 is 1.91 bits per heavy atom. The fourth-order valence-electron chi connectivity index (χ4n) is 0.666. The first-order valence-corrected chi connectivity index (χ1v) is 4.72. The van der Waals surface area contributed by atoms with Gasteiger partial charge in [0.1, 0.15) is 5.82 Å². The zero-order valence-corrected chi connectivity index (χ0v) is 8.47. The van der Waals surface area contributed by atoms with E-state index in [0.29, 0.717) is 15.9 Å². The van der Waals surface area contributed by atoms with E-state index >= 15 is 0 Å². The summed E-state index contributed by atoms with van der Waals surface area (Å²) in [4.78, 5) is 0. The van der Waals surface area contributed by atoms with Crippen molar-refractivity contribution in [3.05, 3.63) is 33.6 Å². The molecule has 0 fully saturated rings. The van der Waals surface area contributed by atoms with Crippen LogP contribution in [-0.2, 0) is 5.33 Å². The Kier molecular flexibility index (Phi) is 3.16. The van der Waals surface area contributed by atoms with E-state index in [2.05, 4.69) is 15.9 Å². The molecule has 0 amide bonds. The molecule has 0 bridgehead atoms. The van der Waals surface area contributed by atoms with Crippen molar-refractivity contribution in [3.63, 3.8) is 0 Å². The van der Waals surface area contributed by atoms with E-state index in [9.17, 15) is 4.39 Å². The van der Waals surface area contributed by atoms with Crippen LogP contribution in [0.15, 0.2) is 12.1 Å². The summed E-state index contributed by atoms with van der Waals surface area (Å²) in [5.74, 6) is -0.439. The van der Waals surface area contributed by atoms with Crippen molar-refractivity contribution >= 4 is 39.1 Å². The molecule has 4 heteroatoms. The van der Waals surface area contributed by atoms with Crippen LogP contribution in [0.3, 0.4) is 0 Å². The van der Waals surface area contributed by atoms with Gasteiger partial charge in [0.2, 0.25) is 0 Å². The second kappa shape index (κ2) is 3.74. The molecule has 0 aliphatic carbocycles. The quantitative estimate of drug-likeness (QED) is 0.527. The summed E-state index contributed by atoms with van der Waals surface area (Å²) >= 11 is 14.4. The number of halogens is 4. The molecule has 0 heterocycles. The number of hydrogen-bond acceptors (Lipinski definition) is 0. The van der Waals surface area contributed by atoms with Gasteiger partial charge in [0.05, 0.1) is 5.02 Å². The molecule has 0 saturated carbocycles. The van der Waals surface area contributed by atoms with Crippen molar-refractivity contribution in [3.8, 4) is 0 Å². The minimum absolute atomic E-state index is 0.0553. The van der Waals surface area contributed by atoms with Gasteiger partial charge in [-0.25, -0.2) is 4.39 Å². The van der Waals surface area contributed by atoms with Gasteiger partial charge in [0.25, 0.3) is 0 Å². The van der Waals surface area contributed by atoms with E-state index in [-0.39, 0.29) is 5.02 Å². The van der Waals surface area contributed by atoms with Gasteiger partial charge < -0.3 is 0 Å². The van der Waals surface area contributed by atoms with Crippen LogP contribution in [0.2, 0.25) is 10.0 Å². The van der Waals surface area contributed by atoms with E-state index in [1.165, 1.54) is 12.1 Å². The third-order valence-corrected chi connectivity index (χ3v) is 2.48. The first-order chi connectivity index (χ1) is 5.15. The minimum atomic E-state index is -0.439. The molecule has 0 aromatic heterocycles. The van der Waals surface area contributed by atoms with Crippen molar-refractivity contribution < 1.29 is 4.39 Å². The Balaban J connectivity index is 3.21. The van der Waals surface area contributed by atoms with Gasteiger partial charge in [-0.2, -0.15) is 0 Å². The van der Waals surface area contributed by atoms with E-state index < -0.39 is 5.82 Å². The van der Waals surface area contributed by atoms with E-state index in [0.717, 1.165) is 0 Å². The van der Waals surface area contributed by atoms with Crippen LogP contribution in [0.1, 0.15) is 5.56 Å². The molecular formula is C7H4BrCl2F. The largest absolute Gasteiger partial charge is 0.205 e. The predicted octanol–water partition coefficient (Wildman–Crippen LogP) is 4.03. The fourth-order valence-corrected chi connectivity index (χ4v) is 1.74. The van der Waals surface area contributed by atoms with Crippen LogP contribution in [0.25, 0.3) is 0 Å². The molecule has 0 spiro atoms. The summed E-state index contributed by atoms with van der Waals surface area (Å²) in [6, 6.07) is 2.72. The molecule has 0 atom stereocenters. The monoisotopic (exact) mass is 256 g/mol. The normalized spacial score (nSPS) is 10.2. The van der Waals surface area contributed by atoms with Crippen LogP contribution in [0.4, 0.5) is 4.39 Å². The molecule has 0 nitrogen and oxygen atoms in total. The highest BCUT2D eigenvalue weighted by Crippen LogP contribution is 2.25. The first-order valence-electron chi connectivity index (χ1n) is 2.84. The lowest BCUT2D eigenvalue weighted by atomic mass is 10.2. The standard InChI is InChI=1S/C7H4BrCl2F/c8-3-4-1-7(11)6(10)2-5(4)9/h1-2H,3H2. The van der Waals surface area contributed by atoms with Crippen LogP contribution in [0.5, 0.6) is 0 Å². The third kappa shape index (κ3) is 2.08. The van der Waals surface area contributed by atoms with Crippen LogP contribution in [0, 0.1) is 5.82 Å². The average molecular weight is 258 g/mol. The predicted molar refractivity (Wildman–Crippen MR) is 49.1 cm³/mol. The Morgan fingerprint density at radius 1 is 1.27 bits per heavy atom. The van der Waals surface area contributed by atoms with Gasteiger partial charge in [-0.15, -0.1) is 0 Å². The maximum absolute atomic E-state index is 12.7. The lowest BCUT2D eigenvalue weighted by molar-refractivity contribution is 0.627. The van der Waals surface area contributed by atoms with Gasteiger partial charge >= 0.3 is 0 Å². The Hall–Kier alpha value is 0.210. The Morgan fingerprint density at radius 3 is 2.45 bits per heavy atom. The van der Waals surface area contributed by atoms with Crippen LogP contribution >= 0.6 is 39.1 Å². The number of hydrogen-bond donors (Lipinski definition) is 0. The molecule has 11 heavy (non-hydrogen) atoms. The van der Waals surface area contributed by atoms with Crippen molar-refractivity contribution in [2.75, 3.05) is 0 Å². The average Bonchev–Trinajstić information content (AvgIpc) is 1.97. The fraction of sp³-hybridized carbons (Fsp3) is 0.143. The Labute approximate surface area is 82.4 Å². The molecule has 0 aliphatic heterocycles. The molecule has 0 aliphatic rings. The number of alkyl halides is 1. The van der Waals surface area contributed by atoms with Gasteiger partial charge in [0.15, 0.2) is 0 Å². The first kappa shape index (κ1) is 9.30. The lowest BCUT2D eigenvalue weighted by Crippen LogP contribution is -1.84. The zero-order valence-electron chi connectivity index (χ0n) is 5.37. The summed E-state index contributed by atoms with van der Waals surface area (Å²) in [7, 11) is 0. The third-order valence-electron chi connectivity index (χ3n) is 1.23. The molecule has 60 valence electrons. The molecule has 1 rings (SSSR count). The summed E-state index contributed by atoms with van der Waals surface area (Å²) in [6.07, 6.45) is 0. The molecule has 1 aromatic rings. The second-order valence-corrected chi connectivity index (χ2v) is 3.37. The molecule has 1 aromatic carbocycles. The maximum atomic E-state index is 12.7. The summed E-state index contributed by atoms with van der Waals surface area (Å²) in [5, 5.41) is 1.06. The van der Waals surface area contributed by atoms with Gasteiger partial charge in [-0.3, -0.25) is 0 Å². The molecule has 0 unspecified atom stereocenters. The van der Waals surface area contributed by atoms with Gasteiger partial charge in [-0.05, 0) is 17.7 Å². The highest BCUT2D eigenvalue weighted by molar-refractivity contribution is 9.08. The second-order valence-electron chi connectivity index (χ2n) is 1.99. The van der Waals surface area contributed by atoms with Crippen LogP contribution in [-0.4, -0.2) is 0 Å². The summed E-state index contributed by atoms with van der Waals surface area (Å²) in [6.45, 7) is 0. The molecule has 0 N–H and O–H groups in total. The highest BCUT2D eigenvalue weighted by atomic mass is 79.9. The van der Waals surface area contributed by atoms with Crippen molar-refractivity contribution in [2.24, 2.45) is 0 Å². The molecule has 0 saturated heterocycles. The lowest BCUT2D eigenvalue weighted by Gasteiger charge is -2.00. The van der Waals surface area contributed by atoms with Gasteiger partial charge in [0, 0.05) is 10.4 Å². The smallest absolute Gasteiger partial charge is 0.142 e. The van der Waals surface area contributed by atoms with E-state index in [4.69, 9.17) is 23.2 Å². The van der Waals surface area contributed by atoms with E-state index in [1.807, 2.05) is 0 Å². The van der Waals surface area contributed by atoms with Crippen molar-refractivity contribution in [1.82, 2.24) is 0 Å². The summed E-state index contributed by atoms with van der Waals surface area (Å²) < 4.78 is 12.7. The zero-order chi connectivity index (χ0) is 8.43. The van der Waals surface area contributed by atoms with E-state index in [1.54, 1.807) is 0 Å². The molecular weight excluding hydrogens is 254 g/mol. The maximum Gasteiger partial charge on any atom is 0.142 e. The van der Waals surface area contributed by atoms with Crippen molar-refractivity contribution in [1.29, 1.82) is 0 Å². The minimum Gasteiger partial charge on any atom is -0.205 e. The Bertz CT molecular complexity index is 275. The number of rotatable bonds is 1. The molecule has 0 radical (unpaired) electrons. The van der Waals surface area contributed by atoms with Crippen molar-refractivity contribution in [2.45, 2.75) is 5.33 Å². The highest BCUT2D eigenvalue weighted by Gasteiger charge is 2.04. The number of benzene rings is 1. The SMILES string of the molecule is Fc1cc(CBr)c(Cl)cc1Cl. The van der Waals surface area contributed by atoms with Gasteiger partial charge in [-0.1, -0.05) is 39.1 Å². The summed E-state index contributed by atoms with van der Waals surface area (Å²) in [5.41, 5.74) is 0.702. The topological polar surface area (TPSA) is 0 Å².